The normalized spacial score (nSPS) is 11.0. The zero-order valence-corrected chi connectivity index (χ0v) is 13.9. The average Bonchev–Trinajstić information content (AvgIpc) is 3.25. The molecule has 4 aromatic rings. The quantitative estimate of drug-likeness (QED) is 0.577. The third kappa shape index (κ3) is 2.77. The second kappa shape index (κ2) is 6.07. The van der Waals surface area contributed by atoms with Crippen molar-refractivity contribution in [2.24, 2.45) is 0 Å². The minimum atomic E-state index is -0.354. The highest BCUT2D eigenvalue weighted by molar-refractivity contribution is 6.35. The minimum Gasteiger partial charge on any atom is -0.449 e. The maximum absolute atomic E-state index is 12.6. The Morgan fingerprint density at radius 2 is 2.04 bits per heavy atom. The van der Waals surface area contributed by atoms with Crippen molar-refractivity contribution in [1.82, 2.24) is 10.2 Å². The third-order valence-electron chi connectivity index (χ3n) is 3.85. The van der Waals surface area contributed by atoms with Crippen molar-refractivity contribution in [2.45, 2.75) is 6.92 Å². The molecule has 7 heteroatoms. The van der Waals surface area contributed by atoms with Crippen molar-refractivity contribution in [1.29, 1.82) is 0 Å². The lowest BCUT2D eigenvalue weighted by atomic mass is 10.1. The van der Waals surface area contributed by atoms with Crippen LogP contribution in [0.5, 0.6) is 0 Å². The number of furan rings is 1. The van der Waals surface area contributed by atoms with Gasteiger partial charge in [-0.25, -0.2) is 0 Å². The molecule has 0 radical (unpaired) electrons. The van der Waals surface area contributed by atoms with Gasteiger partial charge in [-0.3, -0.25) is 4.79 Å². The fourth-order valence-electron chi connectivity index (χ4n) is 2.64. The first-order chi connectivity index (χ1) is 12.1. The van der Waals surface area contributed by atoms with Crippen LogP contribution >= 0.6 is 11.6 Å². The Hall–Kier alpha value is -3.12. The number of benzene rings is 2. The van der Waals surface area contributed by atoms with Crippen LogP contribution in [0, 0.1) is 6.92 Å². The van der Waals surface area contributed by atoms with Gasteiger partial charge in [0.2, 0.25) is 12.3 Å². The fourth-order valence-corrected chi connectivity index (χ4v) is 2.86. The molecule has 2 heterocycles. The van der Waals surface area contributed by atoms with Crippen LogP contribution in [-0.4, -0.2) is 16.1 Å². The zero-order chi connectivity index (χ0) is 17.4. The summed E-state index contributed by atoms with van der Waals surface area (Å²) in [5.41, 5.74) is 2.54. The first-order valence-electron chi connectivity index (χ1n) is 7.49. The van der Waals surface area contributed by atoms with Crippen LogP contribution in [0.4, 0.5) is 5.69 Å². The number of hydrogen-bond acceptors (Lipinski definition) is 5. The highest BCUT2D eigenvalue weighted by Gasteiger charge is 2.19. The molecule has 0 bridgehead atoms. The van der Waals surface area contributed by atoms with E-state index in [1.807, 2.05) is 25.1 Å². The number of anilines is 1. The Balaban J connectivity index is 1.66. The van der Waals surface area contributed by atoms with Crippen LogP contribution in [0.15, 0.2) is 57.7 Å². The molecule has 6 nitrogen and oxygen atoms in total. The van der Waals surface area contributed by atoms with E-state index in [1.54, 1.807) is 24.3 Å². The molecule has 25 heavy (non-hydrogen) atoms. The lowest BCUT2D eigenvalue weighted by Gasteiger charge is -2.05. The van der Waals surface area contributed by atoms with Gasteiger partial charge >= 0.3 is 0 Å². The van der Waals surface area contributed by atoms with Gasteiger partial charge in [0.1, 0.15) is 0 Å². The molecule has 0 saturated carbocycles. The number of rotatable bonds is 3. The molecular weight excluding hydrogens is 342 g/mol. The van der Waals surface area contributed by atoms with Crippen molar-refractivity contribution < 1.29 is 13.6 Å². The molecule has 2 aromatic carbocycles. The smallest absolute Gasteiger partial charge is 0.291 e. The number of fused-ring (bicyclic) bond motifs is 1. The molecule has 0 atom stereocenters. The second-order valence-electron chi connectivity index (χ2n) is 5.45. The van der Waals surface area contributed by atoms with Crippen LogP contribution < -0.4 is 5.32 Å². The molecule has 0 aliphatic heterocycles. The minimum absolute atomic E-state index is 0.228. The topological polar surface area (TPSA) is 81.2 Å². The van der Waals surface area contributed by atoms with Crippen molar-refractivity contribution in [3.63, 3.8) is 0 Å². The van der Waals surface area contributed by atoms with E-state index in [0.29, 0.717) is 27.7 Å². The molecule has 1 amide bonds. The highest BCUT2D eigenvalue weighted by Crippen LogP contribution is 2.31. The van der Waals surface area contributed by atoms with Crippen LogP contribution in [-0.2, 0) is 0 Å². The molecular formula is C18H12ClN3O3. The molecule has 0 unspecified atom stereocenters. The first-order valence-corrected chi connectivity index (χ1v) is 7.87. The number of hydrogen-bond donors (Lipinski definition) is 1. The number of nitrogens with one attached hydrogen (secondary N) is 1. The summed E-state index contributed by atoms with van der Waals surface area (Å²) < 4.78 is 10.8. The van der Waals surface area contributed by atoms with Gasteiger partial charge in [0.05, 0.1) is 5.02 Å². The Labute approximate surface area is 147 Å². The second-order valence-corrected chi connectivity index (χ2v) is 5.86. The Kier molecular flexibility index (Phi) is 3.74. The van der Waals surface area contributed by atoms with Gasteiger partial charge in [-0.1, -0.05) is 29.8 Å². The Bertz CT molecular complexity index is 1070. The predicted octanol–water partition coefficient (Wildman–Crippen LogP) is 4.70. The number of amides is 1. The molecule has 0 fully saturated rings. The van der Waals surface area contributed by atoms with E-state index in [9.17, 15) is 4.79 Å². The van der Waals surface area contributed by atoms with Crippen LogP contribution in [0.3, 0.4) is 0 Å². The summed E-state index contributed by atoms with van der Waals surface area (Å²) in [4.78, 5) is 12.6. The molecule has 124 valence electrons. The maximum atomic E-state index is 12.6. The van der Waals surface area contributed by atoms with Crippen molar-refractivity contribution in [3.05, 3.63) is 65.2 Å². The summed E-state index contributed by atoms with van der Waals surface area (Å²) >= 11 is 6.14. The lowest BCUT2D eigenvalue weighted by molar-refractivity contribution is 0.0998. The number of carbonyl (C=O) groups excluding carboxylic acids is 1. The van der Waals surface area contributed by atoms with E-state index in [2.05, 4.69) is 15.5 Å². The summed E-state index contributed by atoms with van der Waals surface area (Å²) in [6.45, 7) is 1.83. The molecule has 0 saturated heterocycles. The van der Waals surface area contributed by atoms with Gasteiger partial charge in [0.25, 0.3) is 5.91 Å². The number of para-hydroxylation sites is 1. The van der Waals surface area contributed by atoms with Crippen LogP contribution in [0.25, 0.3) is 22.4 Å². The molecule has 0 spiro atoms. The number of carbonyl (C=O) groups is 1. The van der Waals surface area contributed by atoms with Gasteiger partial charge in [0, 0.05) is 22.2 Å². The molecule has 4 rings (SSSR count). The van der Waals surface area contributed by atoms with E-state index in [0.717, 1.165) is 10.9 Å². The van der Waals surface area contributed by atoms with E-state index < -0.39 is 0 Å². The molecule has 0 aliphatic rings. The van der Waals surface area contributed by atoms with Crippen molar-refractivity contribution >= 4 is 34.2 Å². The van der Waals surface area contributed by atoms with E-state index in [-0.39, 0.29) is 11.7 Å². The summed E-state index contributed by atoms with van der Waals surface area (Å²) in [6, 6.07) is 12.5. The van der Waals surface area contributed by atoms with Crippen LogP contribution in [0.1, 0.15) is 16.1 Å². The van der Waals surface area contributed by atoms with Crippen LogP contribution in [0.2, 0.25) is 5.02 Å². The first kappa shape index (κ1) is 15.4. The summed E-state index contributed by atoms with van der Waals surface area (Å²) in [5.74, 6) is 0.251. The Morgan fingerprint density at radius 3 is 2.80 bits per heavy atom. The fraction of sp³-hybridized carbons (Fsp3) is 0.0556. The third-order valence-corrected chi connectivity index (χ3v) is 4.15. The molecule has 2 aromatic heterocycles. The lowest BCUT2D eigenvalue weighted by Crippen LogP contribution is -2.12. The van der Waals surface area contributed by atoms with Gasteiger partial charge in [-0.2, -0.15) is 0 Å². The molecule has 1 N–H and O–H groups in total. The van der Waals surface area contributed by atoms with E-state index >= 15 is 0 Å². The standard InChI is InChI=1S/C18H12ClN3O3/c1-10-13-6-3-7-14(19)16(13)25-15(10)17(23)21-12-5-2-4-11(8-12)18-22-20-9-24-18/h2-9H,1H3,(H,21,23). The van der Waals surface area contributed by atoms with Gasteiger partial charge in [-0.15, -0.1) is 10.2 Å². The SMILES string of the molecule is Cc1c(C(=O)Nc2cccc(-c3nnco3)c2)oc2c(Cl)cccc12. The number of aryl methyl sites for hydroxylation is 1. The van der Waals surface area contributed by atoms with Crippen molar-refractivity contribution in [3.8, 4) is 11.5 Å². The summed E-state index contributed by atoms with van der Waals surface area (Å²) in [7, 11) is 0. The maximum Gasteiger partial charge on any atom is 0.291 e. The average molecular weight is 354 g/mol. The molecule has 0 aliphatic carbocycles. The van der Waals surface area contributed by atoms with E-state index in [1.165, 1.54) is 6.39 Å². The van der Waals surface area contributed by atoms with Crippen molar-refractivity contribution in [2.75, 3.05) is 5.32 Å². The number of halogens is 1. The highest BCUT2D eigenvalue weighted by atomic mass is 35.5. The van der Waals surface area contributed by atoms with Gasteiger partial charge in [0.15, 0.2) is 11.3 Å². The summed E-state index contributed by atoms with van der Waals surface area (Å²) in [5, 5.41) is 11.6. The summed E-state index contributed by atoms with van der Waals surface area (Å²) in [6.07, 6.45) is 1.25. The van der Waals surface area contributed by atoms with Gasteiger partial charge < -0.3 is 14.2 Å². The van der Waals surface area contributed by atoms with Gasteiger partial charge in [-0.05, 0) is 31.2 Å². The number of aromatic nitrogens is 2. The zero-order valence-electron chi connectivity index (χ0n) is 13.1. The monoisotopic (exact) mass is 353 g/mol. The van der Waals surface area contributed by atoms with E-state index in [4.69, 9.17) is 20.4 Å². The Morgan fingerprint density at radius 1 is 1.20 bits per heavy atom. The largest absolute Gasteiger partial charge is 0.449 e. The number of nitrogens with zero attached hydrogens (tertiary/aromatic N) is 2. The predicted molar refractivity (Wildman–Crippen MR) is 93.6 cm³/mol.